The molecule has 0 amide bonds. The van der Waals surface area contributed by atoms with Crippen LogP contribution < -0.4 is 0 Å². The molecule has 0 radical (unpaired) electrons. The van der Waals surface area contributed by atoms with Gasteiger partial charge in [0.15, 0.2) is 0 Å². The molecule has 0 spiro atoms. The summed E-state index contributed by atoms with van der Waals surface area (Å²) < 4.78 is 0. The Bertz CT molecular complexity index is 218. The van der Waals surface area contributed by atoms with Gasteiger partial charge in [0.05, 0.1) is 0 Å². The minimum atomic E-state index is -0.823. The minimum Gasteiger partial charge on any atom is -0.378 e. The highest BCUT2D eigenvalue weighted by Gasteiger charge is 2.37. The van der Waals surface area contributed by atoms with Gasteiger partial charge in [-0.25, -0.2) is 0 Å². The molecule has 74 valence electrons. The molecule has 13 heavy (non-hydrogen) atoms. The lowest BCUT2D eigenvalue weighted by Crippen LogP contribution is -2.38. The van der Waals surface area contributed by atoms with E-state index in [2.05, 4.69) is 26.7 Å². The molecule has 1 N–H and O–H groups in total. The van der Waals surface area contributed by atoms with E-state index in [1.54, 1.807) is 0 Å². The highest BCUT2D eigenvalue weighted by molar-refractivity contribution is 5.10. The van der Waals surface area contributed by atoms with Gasteiger partial charge in [-0.15, -0.1) is 6.42 Å². The van der Waals surface area contributed by atoms with Crippen LogP contribution in [0.15, 0.2) is 0 Å². The summed E-state index contributed by atoms with van der Waals surface area (Å²) in [4.78, 5) is 0. The van der Waals surface area contributed by atoms with E-state index in [-0.39, 0.29) is 5.41 Å². The van der Waals surface area contributed by atoms with Crippen LogP contribution in [0.5, 0.6) is 0 Å². The zero-order chi connectivity index (χ0) is 10.1. The fourth-order valence-electron chi connectivity index (χ4n) is 2.12. The lowest BCUT2D eigenvalue weighted by molar-refractivity contribution is 0.00736. The maximum absolute atomic E-state index is 9.98. The number of hydrogen-bond donors (Lipinski definition) is 1. The zero-order valence-electron chi connectivity index (χ0n) is 8.93. The van der Waals surface area contributed by atoms with E-state index in [0.717, 1.165) is 19.3 Å². The van der Waals surface area contributed by atoms with Gasteiger partial charge in [-0.1, -0.05) is 26.7 Å². The van der Waals surface area contributed by atoms with Crippen molar-refractivity contribution in [3.63, 3.8) is 0 Å². The average molecular weight is 180 g/mol. The van der Waals surface area contributed by atoms with Crippen molar-refractivity contribution in [3.8, 4) is 12.3 Å². The fourth-order valence-corrected chi connectivity index (χ4v) is 2.12. The number of rotatable bonds is 0. The number of aliphatic hydroxyl groups is 1. The molecule has 0 saturated heterocycles. The third-order valence-corrected chi connectivity index (χ3v) is 3.22. The van der Waals surface area contributed by atoms with Crippen molar-refractivity contribution in [2.45, 2.75) is 52.1 Å². The monoisotopic (exact) mass is 180 g/mol. The zero-order valence-corrected chi connectivity index (χ0v) is 8.93. The summed E-state index contributed by atoms with van der Waals surface area (Å²) in [5, 5.41) is 9.98. The van der Waals surface area contributed by atoms with E-state index in [9.17, 15) is 5.11 Å². The highest BCUT2D eigenvalue weighted by Crippen LogP contribution is 2.41. The Balaban J connectivity index is 2.69. The van der Waals surface area contributed by atoms with Crippen LogP contribution in [-0.2, 0) is 0 Å². The van der Waals surface area contributed by atoms with Crippen molar-refractivity contribution >= 4 is 0 Å². The van der Waals surface area contributed by atoms with E-state index < -0.39 is 5.60 Å². The predicted molar refractivity (Wildman–Crippen MR) is 55.2 cm³/mol. The third-order valence-electron chi connectivity index (χ3n) is 3.22. The van der Waals surface area contributed by atoms with Crippen molar-refractivity contribution < 1.29 is 5.11 Å². The van der Waals surface area contributed by atoms with Crippen molar-refractivity contribution in [2.24, 2.45) is 11.3 Å². The summed E-state index contributed by atoms with van der Waals surface area (Å²) in [6, 6.07) is 0. The van der Waals surface area contributed by atoms with Gasteiger partial charge < -0.3 is 5.11 Å². The molecular weight excluding hydrogens is 160 g/mol. The highest BCUT2D eigenvalue weighted by atomic mass is 16.3. The van der Waals surface area contributed by atoms with E-state index in [0.29, 0.717) is 5.92 Å². The van der Waals surface area contributed by atoms with Gasteiger partial charge in [-0.3, -0.25) is 0 Å². The van der Waals surface area contributed by atoms with E-state index >= 15 is 0 Å². The Hall–Kier alpha value is -0.480. The molecule has 2 atom stereocenters. The van der Waals surface area contributed by atoms with Crippen molar-refractivity contribution in [3.05, 3.63) is 0 Å². The Morgan fingerprint density at radius 1 is 1.46 bits per heavy atom. The number of terminal acetylenes is 1. The van der Waals surface area contributed by atoms with Crippen LogP contribution in [0.25, 0.3) is 0 Å². The van der Waals surface area contributed by atoms with Gasteiger partial charge in [0, 0.05) is 0 Å². The van der Waals surface area contributed by atoms with Gasteiger partial charge in [-0.05, 0) is 37.0 Å². The first kappa shape index (κ1) is 10.6. The smallest absolute Gasteiger partial charge is 0.125 e. The van der Waals surface area contributed by atoms with Crippen LogP contribution >= 0.6 is 0 Å². The second kappa shape index (κ2) is 3.35. The molecule has 1 unspecified atom stereocenters. The van der Waals surface area contributed by atoms with Gasteiger partial charge >= 0.3 is 0 Å². The molecule has 0 aromatic heterocycles. The molecule has 0 aromatic carbocycles. The summed E-state index contributed by atoms with van der Waals surface area (Å²) in [6.07, 6.45) is 9.15. The normalized spacial score (nSPS) is 35.5. The van der Waals surface area contributed by atoms with E-state index in [1.807, 2.05) is 0 Å². The average Bonchev–Trinajstić information content (AvgIpc) is 2.03. The number of hydrogen-bond acceptors (Lipinski definition) is 1. The molecule has 1 saturated carbocycles. The summed E-state index contributed by atoms with van der Waals surface area (Å²) in [7, 11) is 0. The standard InChI is InChI=1S/C12H20O/c1-5-12(13)8-6-7-10(9-12)11(2,3)4/h1,10,13H,6-9H2,2-4H3/t10?,12-/m1/s1. The summed E-state index contributed by atoms with van der Waals surface area (Å²) in [5.74, 6) is 3.10. The first-order valence-electron chi connectivity index (χ1n) is 5.07. The molecule has 1 nitrogen and oxygen atoms in total. The van der Waals surface area contributed by atoms with Crippen LogP contribution in [0.4, 0.5) is 0 Å². The molecule has 0 aromatic rings. The van der Waals surface area contributed by atoms with Gasteiger partial charge in [0.2, 0.25) is 0 Å². The van der Waals surface area contributed by atoms with Crippen LogP contribution in [0, 0.1) is 23.7 Å². The lowest BCUT2D eigenvalue weighted by atomic mass is 9.68. The molecular formula is C12H20O. The van der Waals surface area contributed by atoms with Crippen molar-refractivity contribution in [2.75, 3.05) is 0 Å². The minimum absolute atomic E-state index is 0.269. The fraction of sp³-hybridized carbons (Fsp3) is 0.833. The predicted octanol–water partition coefficient (Wildman–Crippen LogP) is 2.59. The van der Waals surface area contributed by atoms with Crippen LogP contribution in [0.1, 0.15) is 46.5 Å². The maximum Gasteiger partial charge on any atom is 0.125 e. The largest absolute Gasteiger partial charge is 0.378 e. The molecule has 1 rings (SSSR count). The Kier molecular flexibility index (Phi) is 2.73. The molecule has 1 aliphatic carbocycles. The third kappa shape index (κ3) is 2.48. The molecule has 1 heteroatoms. The van der Waals surface area contributed by atoms with Gasteiger partial charge in [-0.2, -0.15) is 0 Å². The summed E-state index contributed by atoms with van der Waals surface area (Å²) in [5.41, 5.74) is -0.554. The van der Waals surface area contributed by atoms with Crippen LogP contribution in [-0.4, -0.2) is 10.7 Å². The molecule has 0 aliphatic heterocycles. The Morgan fingerprint density at radius 2 is 2.08 bits per heavy atom. The summed E-state index contributed by atoms with van der Waals surface area (Å²) >= 11 is 0. The Labute approximate surface area is 81.5 Å². The second-order valence-corrected chi connectivity index (χ2v) is 5.34. The van der Waals surface area contributed by atoms with Gasteiger partial charge in [0.1, 0.15) is 5.60 Å². The quantitative estimate of drug-likeness (QED) is 0.568. The first-order chi connectivity index (χ1) is 5.87. The SMILES string of the molecule is C#C[C@@]1(O)CCCC(C(C)(C)C)C1. The molecule has 1 fully saturated rings. The first-order valence-corrected chi connectivity index (χ1v) is 5.07. The molecule has 0 heterocycles. The maximum atomic E-state index is 9.98. The van der Waals surface area contributed by atoms with E-state index in [1.165, 1.54) is 6.42 Å². The second-order valence-electron chi connectivity index (χ2n) is 5.34. The van der Waals surface area contributed by atoms with E-state index in [4.69, 9.17) is 6.42 Å². The van der Waals surface area contributed by atoms with Gasteiger partial charge in [0.25, 0.3) is 0 Å². The topological polar surface area (TPSA) is 20.2 Å². The van der Waals surface area contributed by atoms with Crippen LogP contribution in [0.2, 0.25) is 0 Å². The molecule has 1 aliphatic rings. The van der Waals surface area contributed by atoms with Crippen molar-refractivity contribution in [1.29, 1.82) is 0 Å². The van der Waals surface area contributed by atoms with Crippen LogP contribution in [0.3, 0.4) is 0 Å². The lowest BCUT2D eigenvalue weighted by Gasteiger charge is -2.40. The molecule has 0 bridgehead atoms. The summed E-state index contributed by atoms with van der Waals surface area (Å²) in [6.45, 7) is 6.67. The Morgan fingerprint density at radius 3 is 2.54 bits per heavy atom. The van der Waals surface area contributed by atoms with Crippen molar-refractivity contribution in [1.82, 2.24) is 0 Å².